The molecule has 1 atom stereocenters. The summed E-state index contributed by atoms with van der Waals surface area (Å²) < 4.78 is 11.1. The van der Waals surface area contributed by atoms with Crippen LogP contribution < -0.4 is 20.5 Å². The molecule has 4 heteroatoms. The summed E-state index contributed by atoms with van der Waals surface area (Å²) in [5.41, 5.74) is 7.72. The second kappa shape index (κ2) is 4.59. The average Bonchev–Trinajstić information content (AvgIpc) is 3.14. The first kappa shape index (κ1) is 11.5. The molecule has 3 rings (SSSR count). The number of benzene rings is 1. The molecule has 1 aliphatic carbocycles. The first-order valence-electron chi connectivity index (χ1n) is 6.68. The molecule has 1 heterocycles. The number of nitrogens with one attached hydrogen (secondary N) is 1. The summed E-state index contributed by atoms with van der Waals surface area (Å²) in [6.07, 6.45) is 3.97. The molecule has 98 valence electrons. The molecule has 1 aromatic rings. The van der Waals surface area contributed by atoms with Crippen LogP contribution in [-0.4, -0.2) is 19.3 Å². The van der Waals surface area contributed by atoms with Crippen LogP contribution >= 0.6 is 0 Å². The van der Waals surface area contributed by atoms with Gasteiger partial charge in [-0.1, -0.05) is 12.8 Å². The van der Waals surface area contributed by atoms with Gasteiger partial charge in [0.2, 0.25) is 0 Å². The summed E-state index contributed by atoms with van der Waals surface area (Å²) in [5.74, 6) is 2.45. The van der Waals surface area contributed by atoms with Crippen molar-refractivity contribution in [1.29, 1.82) is 0 Å². The van der Waals surface area contributed by atoms with E-state index in [1.807, 2.05) is 12.1 Å². The molecule has 0 saturated heterocycles. The van der Waals surface area contributed by atoms with Crippen LogP contribution in [0.1, 0.15) is 26.2 Å². The normalized spacial score (nSPS) is 19.4. The van der Waals surface area contributed by atoms with Gasteiger partial charge in [0.1, 0.15) is 13.2 Å². The van der Waals surface area contributed by atoms with Crippen LogP contribution in [-0.2, 0) is 0 Å². The van der Waals surface area contributed by atoms with Gasteiger partial charge in [-0.05, 0) is 19.3 Å². The van der Waals surface area contributed by atoms with Gasteiger partial charge in [-0.3, -0.25) is 0 Å². The Hall–Kier alpha value is -1.58. The SMILES string of the molecule is CC(CC1CC1)Nc1cc2c(cc1N)OCCO2. The molecular formula is C14H20N2O2. The highest BCUT2D eigenvalue weighted by molar-refractivity contribution is 5.72. The van der Waals surface area contributed by atoms with Gasteiger partial charge in [0.15, 0.2) is 11.5 Å². The van der Waals surface area contributed by atoms with E-state index >= 15 is 0 Å². The summed E-state index contributed by atoms with van der Waals surface area (Å²) in [6, 6.07) is 4.25. The summed E-state index contributed by atoms with van der Waals surface area (Å²) in [5, 5.41) is 3.47. The van der Waals surface area contributed by atoms with Crippen molar-refractivity contribution in [3.05, 3.63) is 12.1 Å². The highest BCUT2D eigenvalue weighted by Gasteiger charge is 2.24. The number of fused-ring (bicyclic) bond motifs is 1. The third-order valence-corrected chi connectivity index (χ3v) is 3.50. The van der Waals surface area contributed by atoms with Crippen LogP contribution in [0, 0.1) is 5.92 Å². The van der Waals surface area contributed by atoms with Gasteiger partial charge < -0.3 is 20.5 Å². The van der Waals surface area contributed by atoms with Crippen molar-refractivity contribution in [2.24, 2.45) is 5.92 Å². The van der Waals surface area contributed by atoms with Gasteiger partial charge in [-0.15, -0.1) is 0 Å². The van der Waals surface area contributed by atoms with Crippen molar-refractivity contribution in [3.63, 3.8) is 0 Å². The second-order valence-electron chi connectivity index (χ2n) is 5.31. The molecule has 0 radical (unpaired) electrons. The van der Waals surface area contributed by atoms with E-state index in [1.165, 1.54) is 19.3 Å². The summed E-state index contributed by atoms with van der Waals surface area (Å²) in [7, 11) is 0. The number of hydrogen-bond donors (Lipinski definition) is 2. The number of nitrogens with two attached hydrogens (primary N) is 1. The smallest absolute Gasteiger partial charge is 0.163 e. The molecule has 0 bridgehead atoms. The molecule has 3 N–H and O–H groups in total. The molecule has 0 amide bonds. The highest BCUT2D eigenvalue weighted by Crippen LogP contribution is 2.38. The van der Waals surface area contributed by atoms with E-state index in [0.717, 1.165) is 28.8 Å². The lowest BCUT2D eigenvalue weighted by atomic mass is 10.1. The minimum atomic E-state index is 0.447. The monoisotopic (exact) mass is 248 g/mol. The Kier molecular flexibility index (Phi) is 2.94. The molecule has 0 aromatic heterocycles. The number of anilines is 2. The van der Waals surface area contributed by atoms with E-state index in [1.54, 1.807) is 0 Å². The number of ether oxygens (including phenoxy) is 2. The van der Waals surface area contributed by atoms with E-state index in [0.29, 0.717) is 19.3 Å². The third kappa shape index (κ3) is 2.47. The maximum atomic E-state index is 6.04. The van der Waals surface area contributed by atoms with E-state index in [2.05, 4.69) is 12.2 Å². The first-order valence-corrected chi connectivity index (χ1v) is 6.68. The molecule has 1 aliphatic heterocycles. The zero-order valence-corrected chi connectivity index (χ0v) is 10.7. The third-order valence-electron chi connectivity index (χ3n) is 3.50. The number of rotatable bonds is 4. The topological polar surface area (TPSA) is 56.5 Å². The molecule has 1 saturated carbocycles. The zero-order valence-electron chi connectivity index (χ0n) is 10.7. The van der Waals surface area contributed by atoms with Crippen LogP contribution in [0.15, 0.2) is 12.1 Å². The Morgan fingerprint density at radius 1 is 1.28 bits per heavy atom. The van der Waals surface area contributed by atoms with Gasteiger partial charge in [0.05, 0.1) is 11.4 Å². The highest BCUT2D eigenvalue weighted by atomic mass is 16.6. The molecule has 1 aromatic carbocycles. The Morgan fingerprint density at radius 3 is 2.61 bits per heavy atom. The molecular weight excluding hydrogens is 228 g/mol. The number of nitrogen functional groups attached to an aromatic ring is 1. The molecule has 18 heavy (non-hydrogen) atoms. The van der Waals surface area contributed by atoms with Crippen molar-refractivity contribution in [2.45, 2.75) is 32.2 Å². The summed E-state index contributed by atoms with van der Waals surface area (Å²) in [6.45, 7) is 3.40. The molecule has 1 fully saturated rings. The molecule has 0 spiro atoms. The van der Waals surface area contributed by atoms with Crippen LogP contribution in [0.4, 0.5) is 11.4 Å². The Morgan fingerprint density at radius 2 is 1.94 bits per heavy atom. The van der Waals surface area contributed by atoms with Crippen LogP contribution in [0.5, 0.6) is 11.5 Å². The van der Waals surface area contributed by atoms with Crippen molar-refractivity contribution in [1.82, 2.24) is 0 Å². The van der Waals surface area contributed by atoms with Crippen molar-refractivity contribution in [3.8, 4) is 11.5 Å². The van der Waals surface area contributed by atoms with Crippen molar-refractivity contribution >= 4 is 11.4 Å². The van der Waals surface area contributed by atoms with E-state index < -0.39 is 0 Å². The Labute approximate surface area is 107 Å². The zero-order chi connectivity index (χ0) is 12.5. The lowest BCUT2D eigenvalue weighted by Crippen LogP contribution is -2.19. The fourth-order valence-corrected chi connectivity index (χ4v) is 2.41. The maximum absolute atomic E-state index is 6.04. The van der Waals surface area contributed by atoms with Crippen LogP contribution in [0.25, 0.3) is 0 Å². The Balaban J connectivity index is 1.73. The van der Waals surface area contributed by atoms with Gasteiger partial charge in [-0.25, -0.2) is 0 Å². The van der Waals surface area contributed by atoms with Crippen LogP contribution in [0.3, 0.4) is 0 Å². The van der Waals surface area contributed by atoms with E-state index in [-0.39, 0.29) is 0 Å². The number of hydrogen-bond acceptors (Lipinski definition) is 4. The lowest BCUT2D eigenvalue weighted by Gasteiger charge is -2.22. The van der Waals surface area contributed by atoms with Gasteiger partial charge in [0.25, 0.3) is 0 Å². The largest absolute Gasteiger partial charge is 0.486 e. The van der Waals surface area contributed by atoms with Crippen LogP contribution in [0.2, 0.25) is 0 Å². The van der Waals surface area contributed by atoms with E-state index in [4.69, 9.17) is 15.2 Å². The quantitative estimate of drug-likeness (QED) is 0.804. The first-order chi connectivity index (χ1) is 8.72. The van der Waals surface area contributed by atoms with Gasteiger partial charge in [-0.2, -0.15) is 0 Å². The maximum Gasteiger partial charge on any atom is 0.163 e. The molecule has 1 unspecified atom stereocenters. The average molecular weight is 248 g/mol. The molecule has 2 aliphatic rings. The van der Waals surface area contributed by atoms with Crippen molar-refractivity contribution in [2.75, 3.05) is 24.3 Å². The Bertz CT molecular complexity index is 444. The predicted molar refractivity (Wildman–Crippen MR) is 72.3 cm³/mol. The second-order valence-corrected chi connectivity index (χ2v) is 5.31. The predicted octanol–water partition coefficient (Wildman–Crippen LogP) is 2.64. The molecule has 4 nitrogen and oxygen atoms in total. The fourth-order valence-electron chi connectivity index (χ4n) is 2.41. The van der Waals surface area contributed by atoms with E-state index in [9.17, 15) is 0 Å². The van der Waals surface area contributed by atoms with Gasteiger partial charge >= 0.3 is 0 Å². The summed E-state index contributed by atoms with van der Waals surface area (Å²) >= 11 is 0. The fraction of sp³-hybridized carbons (Fsp3) is 0.571. The summed E-state index contributed by atoms with van der Waals surface area (Å²) in [4.78, 5) is 0. The lowest BCUT2D eigenvalue weighted by molar-refractivity contribution is 0.172. The van der Waals surface area contributed by atoms with Gasteiger partial charge in [0, 0.05) is 18.2 Å². The minimum absolute atomic E-state index is 0.447. The minimum Gasteiger partial charge on any atom is -0.486 e. The standard InChI is InChI=1S/C14H20N2O2/c1-9(6-10-2-3-10)16-12-8-14-13(7-11(12)15)17-4-5-18-14/h7-10,16H,2-6,15H2,1H3. The van der Waals surface area contributed by atoms with Crippen molar-refractivity contribution < 1.29 is 9.47 Å².